The van der Waals surface area contributed by atoms with E-state index in [2.05, 4.69) is 20.4 Å². The Morgan fingerprint density at radius 1 is 1.55 bits per heavy atom. The molecule has 2 rings (SSSR count). The zero-order valence-electron chi connectivity index (χ0n) is 11.1. The standard InChI is InChI=1S/C11H14N6O3/c1-7-11(17(19)20)8(2)16(15-7)5-10(18)13-4-9-3-12-6-14-9/h3,6H,4-5H2,1-2H3,(H,12,14)(H,13,18). The minimum Gasteiger partial charge on any atom is -0.349 e. The van der Waals surface area contributed by atoms with Crippen molar-refractivity contribution < 1.29 is 9.72 Å². The highest BCUT2D eigenvalue weighted by atomic mass is 16.6. The van der Waals surface area contributed by atoms with Crippen LogP contribution in [0.4, 0.5) is 5.69 Å². The average Bonchev–Trinajstić information content (AvgIpc) is 2.96. The lowest BCUT2D eigenvalue weighted by Gasteiger charge is -2.05. The van der Waals surface area contributed by atoms with Crippen LogP contribution in [-0.2, 0) is 17.9 Å². The average molecular weight is 278 g/mol. The van der Waals surface area contributed by atoms with E-state index in [0.29, 0.717) is 17.9 Å². The Bertz CT molecular complexity index is 631. The first-order valence-electron chi connectivity index (χ1n) is 5.91. The van der Waals surface area contributed by atoms with E-state index in [9.17, 15) is 14.9 Å². The molecule has 0 bridgehead atoms. The SMILES string of the molecule is Cc1nn(CC(=O)NCc2cnc[nH]2)c(C)c1[N+](=O)[O-]. The van der Waals surface area contributed by atoms with Crippen molar-refractivity contribution in [1.82, 2.24) is 25.1 Å². The monoisotopic (exact) mass is 278 g/mol. The molecular weight excluding hydrogens is 264 g/mol. The second-order valence-corrected chi connectivity index (χ2v) is 4.29. The van der Waals surface area contributed by atoms with Gasteiger partial charge in [0.1, 0.15) is 17.9 Å². The summed E-state index contributed by atoms with van der Waals surface area (Å²) in [7, 11) is 0. The fourth-order valence-corrected chi connectivity index (χ4v) is 1.87. The van der Waals surface area contributed by atoms with Gasteiger partial charge in [-0.15, -0.1) is 0 Å². The third-order valence-corrected chi connectivity index (χ3v) is 2.85. The number of amides is 1. The maximum absolute atomic E-state index is 11.8. The number of hydrogen-bond acceptors (Lipinski definition) is 5. The summed E-state index contributed by atoms with van der Waals surface area (Å²) < 4.78 is 1.33. The van der Waals surface area contributed by atoms with E-state index < -0.39 is 4.92 Å². The minimum absolute atomic E-state index is 0.0497. The van der Waals surface area contributed by atoms with Gasteiger partial charge in [0.05, 0.1) is 23.5 Å². The molecule has 0 aromatic carbocycles. The first-order chi connectivity index (χ1) is 9.49. The van der Waals surface area contributed by atoms with Crippen LogP contribution in [0.3, 0.4) is 0 Å². The molecular formula is C11H14N6O3. The first kappa shape index (κ1) is 13.7. The van der Waals surface area contributed by atoms with Gasteiger partial charge in [-0.2, -0.15) is 5.10 Å². The molecule has 0 aliphatic heterocycles. The third kappa shape index (κ3) is 2.82. The molecule has 0 aliphatic carbocycles. The van der Waals surface area contributed by atoms with Crippen LogP contribution in [0.1, 0.15) is 17.1 Å². The Morgan fingerprint density at radius 3 is 2.85 bits per heavy atom. The maximum Gasteiger partial charge on any atom is 0.312 e. The first-order valence-corrected chi connectivity index (χ1v) is 5.91. The molecule has 20 heavy (non-hydrogen) atoms. The largest absolute Gasteiger partial charge is 0.349 e. The number of nitrogens with zero attached hydrogens (tertiary/aromatic N) is 4. The van der Waals surface area contributed by atoms with Crippen molar-refractivity contribution in [2.24, 2.45) is 0 Å². The quantitative estimate of drug-likeness (QED) is 0.608. The summed E-state index contributed by atoms with van der Waals surface area (Å²) in [5.41, 5.74) is 1.39. The lowest BCUT2D eigenvalue weighted by molar-refractivity contribution is -0.386. The van der Waals surface area contributed by atoms with Crippen molar-refractivity contribution >= 4 is 11.6 Å². The summed E-state index contributed by atoms with van der Waals surface area (Å²) in [5, 5.41) is 17.6. The molecule has 2 heterocycles. The van der Waals surface area contributed by atoms with Crippen molar-refractivity contribution in [3.05, 3.63) is 39.7 Å². The number of imidazole rings is 1. The van der Waals surface area contributed by atoms with E-state index in [4.69, 9.17) is 0 Å². The molecule has 0 radical (unpaired) electrons. The third-order valence-electron chi connectivity index (χ3n) is 2.85. The molecule has 0 aliphatic rings. The number of nitro groups is 1. The molecule has 9 heteroatoms. The molecule has 0 saturated carbocycles. The Kier molecular flexibility index (Phi) is 3.78. The van der Waals surface area contributed by atoms with Crippen LogP contribution >= 0.6 is 0 Å². The van der Waals surface area contributed by atoms with E-state index in [-0.39, 0.29) is 18.1 Å². The molecule has 1 amide bonds. The Labute approximate surface area is 114 Å². The number of aryl methyl sites for hydroxylation is 1. The molecule has 2 aromatic heterocycles. The van der Waals surface area contributed by atoms with E-state index in [1.807, 2.05) is 0 Å². The predicted octanol–water partition coefficient (Wildman–Crippen LogP) is 0.448. The van der Waals surface area contributed by atoms with E-state index in [1.54, 1.807) is 20.0 Å². The predicted molar refractivity (Wildman–Crippen MR) is 68.8 cm³/mol. The summed E-state index contributed by atoms with van der Waals surface area (Å²) in [6.07, 6.45) is 3.13. The number of carbonyl (C=O) groups is 1. The van der Waals surface area contributed by atoms with Crippen LogP contribution in [0.15, 0.2) is 12.5 Å². The normalized spacial score (nSPS) is 10.5. The lowest BCUT2D eigenvalue weighted by atomic mass is 10.3. The van der Waals surface area contributed by atoms with Gasteiger partial charge in [0.2, 0.25) is 5.91 Å². The minimum atomic E-state index is -0.489. The van der Waals surface area contributed by atoms with Crippen LogP contribution in [0.25, 0.3) is 0 Å². The molecule has 0 unspecified atom stereocenters. The van der Waals surface area contributed by atoms with Gasteiger partial charge in [0.25, 0.3) is 0 Å². The van der Waals surface area contributed by atoms with E-state index in [1.165, 1.54) is 11.0 Å². The van der Waals surface area contributed by atoms with Gasteiger partial charge in [-0.3, -0.25) is 19.6 Å². The van der Waals surface area contributed by atoms with Crippen molar-refractivity contribution in [1.29, 1.82) is 0 Å². The molecule has 0 saturated heterocycles. The van der Waals surface area contributed by atoms with Crippen LogP contribution in [0.5, 0.6) is 0 Å². The Hall–Kier alpha value is -2.71. The second kappa shape index (κ2) is 5.51. The maximum atomic E-state index is 11.8. The summed E-state index contributed by atoms with van der Waals surface area (Å²) in [5.74, 6) is -0.278. The topological polar surface area (TPSA) is 119 Å². The Balaban J connectivity index is 2.01. The van der Waals surface area contributed by atoms with Crippen molar-refractivity contribution in [2.45, 2.75) is 26.9 Å². The number of aromatic nitrogens is 4. The molecule has 0 spiro atoms. The number of hydrogen-bond donors (Lipinski definition) is 2. The molecule has 2 N–H and O–H groups in total. The van der Waals surface area contributed by atoms with Crippen LogP contribution in [0, 0.1) is 24.0 Å². The lowest BCUT2D eigenvalue weighted by Crippen LogP contribution is -2.28. The molecule has 9 nitrogen and oxygen atoms in total. The van der Waals surface area contributed by atoms with Gasteiger partial charge in [-0.05, 0) is 13.8 Å². The highest BCUT2D eigenvalue weighted by molar-refractivity contribution is 5.75. The summed E-state index contributed by atoms with van der Waals surface area (Å²) >= 11 is 0. The van der Waals surface area contributed by atoms with Gasteiger partial charge in [-0.1, -0.05) is 0 Å². The van der Waals surface area contributed by atoms with E-state index >= 15 is 0 Å². The van der Waals surface area contributed by atoms with Crippen molar-refractivity contribution in [3.63, 3.8) is 0 Å². The number of aromatic amines is 1. The van der Waals surface area contributed by atoms with Crippen LogP contribution < -0.4 is 5.32 Å². The number of carbonyl (C=O) groups excluding carboxylic acids is 1. The number of rotatable bonds is 5. The molecule has 0 atom stereocenters. The highest BCUT2D eigenvalue weighted by Gasteiger charge is 2.22. The van der Waals surface area contributed by atoms with Crippen LogP contribution in [-0.4, -0.2) is 30.6 Å². The zero-order valence-corrected chi connectivity index (χ0v) is 11.1. The fourth-order valence-electron chi connectivity index (χ4n) is 1.87. The van der Waals surface area contributed by atoms with E-state index in [0.717, 1.165) is 5.69 Å². The van der Waals surface area contributed by atoms with Gasteiger partial charge in [-0.25, -0.2) is 4.98 Å². The van der Waals surface area contributed by atoms with Crippen molar-refractivity contribution in [3.8, 4) is 0 Å². The fraction of sp³-hybridized carbons (Fsp3) is 0.364. The molecule has 2 aromatic rings. The molecule has 0 fully saturated rings. The summed E-state index contributed by atoms with van der Waals surface area (Å²) in [4.78, 5) is 28.8. The second-order valence-electron chi connectivity index (χ2n) is 4.29. The number of nitrogens with one attached hydrogen (secondary N) is 2. The number of H-pyrrole nitrogens is 1. The van der Waals surface area contributed by atoms with Gasteiger partial charge in [0, 0.05) is 6.20 Å². The summed E-state index contributed by atoms with van der Waals surface area (Å²) in [6.45, 7) is 3.37. The highest BCUT2D eigenvalue weighted by Crippen LogP contribution is 2.21. The molecule has 106 valence electrons. The van der Waals surface area contributed by atoms with Crippen LogP contribution in [0.2, 0.25) is 0 Å². The smallest absolute Gasteiger partial charge is 0.312 e. The van der Waals surface area contributed by atoms with Gasteiger partial charge in [0.15, 0.2) is 0 Å². The van der Waals surface area contributed by atoms with Crippen molar-refractivity contribution in [2.75, 3.05) is 0 Å². The Morgan fingerprint density at radius 2 is 2.30 bits per heavy atom. The zero-order chi connectivity index (χ0) is 14.7. The van der Waals surface area contributed by atoms with Gasteiger partial charge < -0.3 is 10.3 Å². The van der Waals surface area contributed by atoms with Gasteiger partial charge >= 0.3 is 5.69 Å². The summed E-state index contributed by atoms with van der Waals surface area (Å²) in [6, 6.07) is 0.